The van der Waals surface area contributed by atoms with Crippen molar-refractivity contribution in [3.05, 3.63) is 65.9 Å². The smallest absolute Gasteiger partial charge is 0.471 e. The Morgan fingerprint density at radius 2 is 1.88 bits per heavy atom. The molecule has 0 fully saturated rings. The van der Waals surface area contributed by atoms with Crippen LogP contribution in [0, 0.1) is 0 Å². The van der Waals surface area contributed by atoms with E-state index < -0.39 is 35.1 Å². The number of nitrogens with one attached hydrogen (secondary N) is 2. The van der Waals surface area contributed by atoms with Crippen molar-refractivity contribution >= 4 is 41.1 Å². The average molecular weight is 460 g/mol. The second-order valence-corrected chi connectivity index (χ2v) is 7.11. The molecule has 0 saturated heterocycles. The first-order chi connectivity index (χ1) is 15.6. The lowest BCUT2D eigenvalue weighted by Crippen LogP contribution is -2.53. The maximum absolute atomic E-state index is 13.2. The van der Waals surface area contributed by atoms with E-state index in [-0.39, 0.29) is 16.9 Å². The monoisotopic (exact) mass is 460 g/mol. The van der Waals surface area contributed by atoms with E-state index in [0.717, 1.165) is 23.7 Å². The number of hydrogen-bond donors (Lipinski definition) is 2. The van der Waals surface area contributed by atoms with Crippen molar-refractivity contribution in [3.8, 4) is 0 Å². The summed E-state index contributed by atoms with van der Waals surface area (Å²) in [7, 11) is 0. The number of carbonyl (C=O) groups excluding carboxylic acids is 3. The first-order valence-electron chi connectivity index (χ1n) is 9.78. The van der Waals surface area contributed by atoms with Gasteiger partial charge in [0.2, 0.25) is 0 Å². The van der Waals surface area contributed by atoms with Crippen molar-refractivity contribution in [1.29, 1.82) is 0 Å². The molecule has 11 heteroatoms. The summed E-state index contributed by atoms with van der Waals surface area (Å²) in [6.45, 7) is 1.07. The summed E-state index contributed by atoms with van der Waals surface area (Å²) in [5, 5.41) is 20.2. The molecule has 0 spiro atoms. The van der Waals surface area contributed by atoms with Gasteiger partial charge in [0.15, 0.2) is 12.2 Å². The summed E-state index contributed by atoms with van der Waals surface area (Å²) in [4.78, 5) is 35.9. The molecule has 172 valence electrons. The second kappa shape index (κ2) is 9.25. The van der Waals surface area contributed by atoms with Crippen LogP contribution in [-0.4, -0.2) is 36.7 Å². The van der Waals surface area contributed by atoms with Gasteiger partial charge in [0.05, 0.1) is 5.97 Å². The maximum atomic E-state index is 13.2. The lowest BCUT2D eigenvalue weighted by atomic mass is 10.1. The van der Waals surface area contributed by atoms with Gasteiger partial charge in [0.1, 0.15) is 11.8 Å². The number of carbonyl (C=O) groups is 3. The van der Waals surface area contributed by atoms with Crippen LogP contribution in [0.4, 0.5) is 30.2 Å². The van der Waals surface area contributed by atoms with Crippen molar-refractivity contribution < 1.29 is 32.7 Å². The molecule has 0 aliphatic carbocycles. The van der Waals surface area contributed by atoms with E-state index in [1.165, 1.54) is 30.6 Å². The van der Waals surface area contributed by atoms with Crippen LogP contribution < -0.4 is 20.3 Å². The minimum absolute atomic E-state index is 0.0480. The van der Waals surface area contributed by atoms with Crippen molar-refractivity contribution in [2.24, 2.45) is 5.10 Å². The fraction of sp³-hybridized carbons (Fsp3) is 0.182. The number of aryl methyl sites for hydroxylation is 1. The number of carboxylic acids is 1. The summed E-state index contributed by atoms with van der Waals surface area (Å²) < 4.78 is 36.6. The molecular weight excluding hydrogens is 441 g/mol. The first kappa shape index (κ1) is 23.7. The Hall–Kier alpha value is -3.99. The van der Waals surface area contributed by atoms with Gasteiger partial charge in [0, 0.05) is 29.7 Å². The highest BCUT2D eigenvalue weighted by Gasteiger charge is 2.47. The third kappa shape index (κ3) is 5.09. The summed E-state index contributed by atoms with van der Waals surface area (Å²) >= 11 is 0. The summed E-state index contributed by atoms with van der Waals surface area (Å²) in [6.07, 6.45) is -1.83. The van der Waals surface area contributed by atoms with E-state index in [1.807, 2.05) is 31.2 Å². The summed E-state index contributed by atoms with van der Waals surface area (Å²) in [6, 6.07) is 12.2. The van der Waals surface area contributed by atoms with Crippen molar-refractivity contribution in [2.75, 3.05) is 17.2 Å². The Kier molecular flexibility index (Phi) is 6.63. The van der Waals surface area contributed by atoms with E-state index in [1.54, 1.807) is 5.32 Å². The molecule has 1 atom stereocenters. The molecule has 2 N–H and O–H groups in total. The molecule has 2 aromatic carbocycles. The number of anilines is 2. The quantitative estimate of drug-likeness (QED) is 0.487. The van der Waals surface area contributed by atoms with E-state index in [2.05, 4.69) is 10.4 Å². The minimum atomic E-state index is -5.12. The highest BCUT2D eigenvalue weighted by Crippen LogP contribution is 2.32. The third-order valence-corrected chi connectivity index (χ3v) is 4.90. The lowest BCUT2D eigenvalue weighted by Gasteiger charge is -2.26. The molecule has 1 unspecified atom stereocenters. The molecule has 2 aromatic rings. The third-order valence-electron chi connectivity index (χ3n) is 4.90. The van der Waals surface area contributed by atoms with E-state index >= 15 is 0 Å². The number of quaternary nitrogens is 1. The predicted octanol–water partition coefficient (Wildman–Crippen LogP) is 2.33. The molecule has 0 saturated carbocycles. The van der Waals surface area contributed by atoms with Crippen molar-refractivity contribution in [1.82, 2.24) is 4.59 Å². The Morgan fingerprint density at radius 1 is 1.15 bits per heavy atom. The van der Waals surface area contributed by atoms with Gasteiger partial charge >= 0.3 is 18.0 Å². The van der Waals surface area contributed by atoms with Crippen LogP contribution in [-0.2, 0) is 20.8 Å². The molecule has 1 heterocycles. The van der Waals surface area contributed by atoms with Gasteiger partial charge in [-0.2, -0.15) is 13.2 Å². The number of rotatable bonds is 7. The molecule has 0 aromatic heterocycles. The van der Waals surface area contributed by atoms with Crippen molar-refractivity contribution in [3.63, 3.8) is 0 Å². The number of nitrogens with zero attached hydrogens (tertiary/aromatic N) is 2. The summed E-state index contributed by atoms with van der Waals surface area (Å²) in [5.41, 5.74) is 1.45. The zero-order valence-corrected chi connectivity index (χ0v) is 17.3. The molecule has 2 amide bonds. The Balaban J connectivity index is 1.94. The number of aliphatic carboxylic acids is 1. The van der Waals surface area contributed by atoms with Gasteiger partial charge in [0.25, 0.3) is 0 Å². The highest BCUT2D eigenvalue weighted by molar-refractivity contribution is 6.21. The molecular formula is C22H19F3N4O4. The van der Waals surface area contributed by atoms with Crippen molar-refractivity contribution in [2.45, 2.75) is 19.5 Å². The van der Waals surface area contributed by atoms with Gasteiger partial charge in [-0.25, -0.2) is 4.79 Å². The molecule has 33 heavy (non-hydrogen) atoms. The van der Waals surface area contributed by atoms with E-state index in [9.17, 15) is 32.7 Å². The minimum Gasteiger partial charge on any atom is -0.544 e. The number of hydrogen-bond acceptors (Lipinski definition) is 6. The molecule has 1 aliphatic rings. The van der Waals surface area contributed by atoms with Gasteiger partial charge in [-0.05, 0) is 24.1 Å². The average Bonchev–Trinajstić information content (AvgIpc) is 3.07. The van der Waals surface area contributed by atoms with Crippen LogP contribution in [0.1, 0.15) is 12.5 Å². The zero-order valence-electron chi connectivity index (χ0n) is 17.3. The first-order valence-corrected chi connectivity index (χ1v) is 9.78. The summed E-state index contributed by atoms with van der Waals surface area (Å²) in [5.74, 6) is -4.54. The Bertz CT molecular complexity index is 1160. The SMILES string of the molecule is CCc1ccccc1NC=C1C=N[N+](CC(=O)[O-])(c2cccc(NC(=O)C(F)(F)F)c2)C1=O. The maximum Gasteiger partial charge on any atom is 0.471 e. The highest BCUT2D eigenvalue weighted by atomic mass is 19.4. The number of carboxylic acid groups (broad SMARTS) is 1. The van der Waals surface area contributed by atoms with Gasteiger partial charge in [-0.1, -0.05) is 40.9 Å². The second-order valence-electron chi connectivity index (χ2n) is 7.11. The lowest BCUT2D eigenvalue weighted by molar-refractivity contribution is -0.305. The molecule has 1 aliphatic heterocycles. The van der Waals surface area contributed by atoms with Crippen LogP contribution in [0.5, 0.6) is 0 Å². The number of benzene rings is 2. The van der Waals surface area contributed by atoms with E-state index in [0.29, 0.717) is 0 Å². The van der Waals surface area contributed by atoms with Crippen LogP contribution in [0.15, 0.2) is 65.4 Å². The largest absolute Gasteiger partial charge is 0.544 e. The molecule has 0 bridgehead atoms. The topological polar surface area (TPSA) is 111 Å². The standard InChI is InChI=1S/C22H19F3N4O4/c1-2-14-6-3-4-9-18(14)26-11-15-12-27-29(20(15)32,13-19(30)31)17-8-5-7-16(10-17)28-21(33)22(23,24)25/h3-12H,2,13H2,1H3,(H2-,26,27,28,30,31,32,33). The molecule has 3 rings (SSSR count). The predicted molar refractivity (Wildman–Crippen MR) is 114 cm³/mol. The van der Waals surface area contributed by atoms with Crippen LogP contribution in [0.2, 0.25) is 0 Å². The van der Waals surface area contributed by atoms with Crippen LogP contribution in [0.25, 0.3) is 0 Å². The molecule has 8 nitrogen and oxygen atoms in total. The normalized spacial score (nSPS) is 19.0. The van der Waals surface area contributed by atoms with Gasteiger partial charge in [-0.15, -0.1) is 0 Å². The fourth-order valence-electron chi connectivity index (χ4n) is 3.30. The fourth-order valence-corrected chi connectivity index (χ4v) is 3.30. The van der Waals surface area contributed by atoms with Crippen LogP contribution in [0.3, 0.4) is 0 Å². The Labute approximate surface area is 186 Å². The number of amides is 2. The van der Waals surface area contributed by atoms with Gasteiger partial charge in [-0.3, -0.25) is 4.79 Å². The Morgan fingerprint density at radius 3 is 2.55 bits per heavy atom. The number of para-hydroxylation sites is 1. The van der Waals surface area contributed by atoms with E-state index in [4.69, 9.17) is 0 Å². The number of alkyl halides is 3. The van der Waals surface area contributed by atoms with Crippen LogP contribution >= 0.6 is 0 Å². The van der Waals surface area contributed by atoms with Gasteiger partial charge < -0.3 is 20.5 Å². The number of halogens is 3. The molecule has 0 radical (unpaired) electrons. The zero-order chi connectivity index (χ0) is 24.2.